The molecule has 0 spiro atoms. The van der Waals surface area contributed by atoms with Crippen molar-refractivity contribution in [2.45, 2.75) is 6.92 Å². The zero-order chi connectivity index (χ0) is 13.6. The summed E-state index contributed by atoms with van der Waals surface area (Å²) in [5, 5.41) is 1.83. The lowest BCUT2D eigenvalue weighted by Gasteiger charge is -2.01. The summed E-state index contributed by atoms with van der Waals surface area (Å²) in [6.45, 7) is 2.01. The van der Waals surface area contributed by atoms with Crippen LogP contribution in [-0.4, -0.2) is 18.1 Å². The Morgan fingerprint density at radius 1 is 1.42 bits per heavy atom. The van der Waals surface area contributed by atoms with Crippen LogP contribution < -0.4 is 5.73 Å². The first kappa shape index (κ1) is 11.9. The van der Waals surface area contributed by atoms with E-state index in [4.69, 9.17) is 10.5 Å². The zero-order valence-corrected chi connectivity index (χ0v) is 11.4. The molecule has 3 aromatic rings. The number of benzene rings is 1. The Labute approximate surface area is 113 Å². The minimum atomic E-state index is -0.415. The van der Waals surface area contributed by atoms with Gasteiger partial charge < -0.3 is 10.5 Å². The largest absolute Gasteiger partial charge is 0.465 e. The molecule has 0 atom stereocenters. The molecule has 0 aliphatic rings. The Bertz CT molecular complexity index is 808. The fourth-order valence-corrected chi connectivity index (χ4v) is 3.11. The van der Waals surface area contributed by atoms with Gasteiger partial charge in [-0.05, 0) is 18.6 Å². The second-order valence-corrected chi connectivity index (χ2v) is 5.32. The summed E-state index contributed by atoms with van der Waals surface area (Å²) in [4.78, 5) is 17.4. The summed E-state index contributed by atoms with van der Waals surface area (Å²) in [5.41, 5.74) is 8.50. The maximum Gasteiger partial charge on any atom is 0.350 e. The van der Waals surface area contributed by atoms with Crippen LogP contribution in [0, 0.1) is 6.92 Å². The first-order valence-corrected chi connectivity index (χ1v) is 6.60. The van der Waals surface area contributed by atoms with Gasteiger partial charge in [-0.1, -0.05) is 18.2 Å². The Kier molecular flexibility index (Phi) is 2.64. The van der Waals surface area contributed by atoms with Crippen molar-refractivity contribution < 1.29 is 9.53 Å². The number of methoxy groups -OCH3 is 1. The van der Waals surface area contributed by atoms with Crippen LogP contribution in [-0.2, 0) is 4.74 Å². The molecule has 0 aliphatic carbocycles. The van der Waals surface area contributed by atoms with Crippen molar-refractivity contribution in [2.75, 3.05) is 12.8 Å². The van der Waals surface area contributed by atoms with Crippen LogP contribution in [0.4, 0.5) is 5.69 Å². The molecule has 5 heteroatoms. The second kappa shape index (κ2) is 4.20. The van der Waals surface area contributed by atoms with E-state index < -0.39 is 5.97 Å². The number of ether oxygens (including phenoxy) is 1. The molecular formula is C14H12N2O2S. The number of pyridine rings is 1. The Morgan fingerprint density at radius 3 is 2.95 bits per heavy atom. The second-order valence-electron chi connectivity index (χ2n) is 4.32. The fraction of sp³-hybridized carbons (Fsp3) is 0.143. The zero-order valence-electron chi connectivity index (χ0n) is 10.6. The molecule has 3 rings (SSSR count). The van der Waals surface area contributed by atoms with E-state index in [0.717, 1.165) is 26.7 Å². The highest BCUT2D eigenvalue weighted by atomic mass is 32.1. The SMILES string of the molecule is COC(=O)c1sc2nc3c(C)cccc3cc2c1N. The van der Waals surface area contributed by atoms with Gasteiger partial charge in [0.25, 0.3) is 0 Å². The number of aryl methyl sites for hydroxylation is 1. The molecule has 2 N–H and O–H groups in total. The molecule has 0 saturated heterocycles. The summed E-state index contributed by atoms with van der Waals surface area (Å²) in [5.74, 6) is -0.415. The molecular weight excluding hydrogens is 260 g/mol. The van der Waals surface area contributed by atoms with E-state index in [1.54, 1.807) is 0 Å². The summed E-state index contributed by atoms with van der Waals surface area (Å²) < 4.78 is 4.73. The van der Waals surface area contributed by atoms with Crippen molar-refractivity contribution in [1.29, 1.82) is 0 Å². The third-order valence-corrected chi connectivity index (χ3v) is 4.21. The van der Waals surface area contributed by atoms with Crippen molar-refractivity contribution in [3.05, 3.63) is 34.7 Å². The molecule has 2 aromatic heterocycles. The molecule has 0 fully saturated rings. The first-order chi connectivity index (χ1) is 9.11. The number of para-hydroxylation sites is 1. The highest BCUT2D eigenvalue weighted by Gasteiger charge is 2.18. The van der Waals surface area contributed by atoms with Crippen molar-refractivity contribution in [3.63, 3.8) is 0 Å². The number of fused-ring (bicyclic) bond motifs is 2. The summed E-state index contributed by atoms with van der Waals surface area (Å²) >= 11 is 1.27. The van der Waals surface area contributed by atoms with E-state index in [1.165, 1.54) is 18.4 Å². The lowest BCUT2D eigenvalue weighted by Crippen LogP contribution is -2.01. The van der Waals surface area contributed by atoms with Gasteiger partial charge in [0.2, 0.25) is 0 Å². The van der Waals surface area contributed by atoms with E-state index in [0.29, 0.717) is 10.6 Å². The van der Waals surface area contributed by atoms with E-state index in [-0.39, 0.29) is 0 Å². The molecule has 4 nitrogen and oxygen atoms in total. The maximum absolute atomic E-state index is 11.6. The Morgan fingerprint density at radius 2 is 2.21 bits per heavy atom. The van der Waals surface area contributed by atoms with Crippen molar-refractivity contribution in [1.82, 2.24) is 4.98 Å². The standard InChI is InChI=1S/C14H12N2O2S/c1-7-4-3-5-8-6-9-10(15)12(14(17)18-2)19-13(9)16-11(7)8/h3-6H,15H2,1-2H3. The minimum absolute atomic E-state index is 0.415. The molecule has 0 amide bonds. The monoisotopic (exact) mass is 272 g/mol. The predicted octanol–water partition coefficient (Wildman–Crippen LogP) is 3.13. The Balaban J connectivity index is 2.38. The topological polar surface area (TPSA) is 65.2 Å². The lowest BCUT2D eigenvalue weighted by atomic mass is 10.1. The van der Waals surface area contributed by atoms with Crippen LogP contribution in [0.25, 0.3) is 21.1 Å². The van der Waals surface area contributed by atoms with Gasteiger partial charge in [0.15, 0.2) is 0 Å². The number of thiophene rings is 1. The van der Waals surface area contributed by atoms with Gasteiger partial charge in [0, 0.05) is 10.8 Å². The number of nitrogens with zero attached hydrogens (tertiary/aromatic N) is 1. The van der Waals surface area contributed by atoms with Gasteiger partial charge in [-0.15, -0.1) is 11.3 Å². The van der Waals surface area contributed by atoms with Crippen LogP contribution in [0.3, 0.4) is 0 Å². The number of esters is 1. The molecule has 0 aliphatic heterocycles. The number of hydrogen-bond acceptors (Lipinski definition) is 5. The number of hydrogen-bond donors (Lipinski definition) is 1. The van der Waals surface area contributed by atoms with Gasteiger partial charge in [-0.3, -0.25) is 0 Å². The van der Waals surface area contributed by atoms with Gasteiger partial charge in [0.1, 0.15) is 9.71 Å². The van der Waals surface area contributed by atoms with Gasteiger partial charge in [0.05, 0.1) is 18.3 Å². The summed E-state index contributed by atoms with van der Waals surface area (Å²) in [6.07, 6.45) is 0. The summed E-state index contributed by atoms with van der Waals surface area (Å²) in [6, 6.07) is 7.96. The van der Waals surface area contributed by atoms with Crippen LogP contribution in [0.15, 0.2) is 24.3 Å². The highest BCUT2D eigenvalue weighted by Crippen LogP contribution is 2.35. The molecule has 96 valence electrons. The van der Waals surface area contributed by atoms with Crippen molar-refractivity contribution in [2.24, 2.45) is 0 Å². The van der Waals surface area contributed by atoms with Gasteiger partial charge >= 0.3 is 5.97 Å². The van der Waals surface area contributed by atoms with Gasteiger partial charge in [-0.25, -0.2) is 9.78 Å². The highest BCUT2D eigenvalue weighted by molar-refractivity contribution is 7.21. The maximum atomic E-state index is 11.6. The van der Waals surface area contributed by atoms with E-state index in [9.17, 15) is 4.79 Å². The van der Waals surface area contributed by atoms with E-state index in [2.05, 4.69) is 4.98 Å². The molecule has 19 heavy (non-hydrogen) atoms. The minimum Gasteiger partial charge on any atom is -0.465 e. The van der Waals surface area contributed by atoms with Crippen LogP contribution in [0.5, 0.6) is 0 Å². The molecule has 0 radical (unpaired) electrons. The number of anilines is 1. The van der Waals surface area contributed by atoms with E-state index >= 15 is 0 Å². The molecule has 0 unspecified atom stereocenters. The smallest absolute Gasteiger partial charge is 0.350 e. The van der Waals surface area contributed by atoms with E-state index in [1.807, 2.05) is 31.2 Å². The number of aromatic nitrogens is 1. The van der Waals surface area contributed by atoms with Crippen molar-refractivity contribution in [3.8, 4) is 0 Å². The van der Waals surface area contributed by atoms with Crippen molar-refractivity contribution >= 4 is 44.1 Å². The number of carbonyl (C=O) groups is 1. The lowest BCUT2D eigenvalue weighted by molar-refractivity contribution is 0.0607. The average molecular weight is 272 g/mol. The number of nitrogens with two attached hydrogens (primary N) is 1. The predicted molar refractivity (Wildman–Crippen MR) is 77.6 cm³/mol. The third kappa shape index (κ3) is 1.74. The molecule has 2 heterocycles. The van der Waals surface area contributed by atoms with Gasteiger partial charge in [-0.2, -0.15) is 0 Å². The Hall–Kier alpha value is -2.14. The van der Waals surface area contributed by atoms with Crippen LogP contribution >= 0.6 is 11.3 Å². The fourth-order valence-electron chi connectivity index (χ4n) is 2.12. The molecule has 1 aromatic carbocycles. The van der Waals surface area contributed by atoms with Crippen LogP contribution in [0.1, 0.15) is 15.2 Å². The first-order valence-electron chi connectivity index (χ1n) is 5.78. The quantitative estimate of drug-likeness (QED) is 0.691. The molecule has 0 saturated carbocycles. The molecule has 0 bridgehead atoms. The number of carbonyl (C=O) groups excluding carboxylic acids is 1. The third-order valence-electron chi connectivity index (χ3n) is 3.12. The average Bonchev–Trinajstić information content (AvgIpc) is 2.74. The number of rotatable bonds is 1. The normalized spacial score (nSPS) is 11.1. The number of nitrogen functional groups attached to an aromatic ring is 1. The summed E-state index contributed by atoms with van der Waals surface area (Å²) in [7, 11) is 1.35. The van der Waals surface area contributed by atoms with Crippen LogP contribution in [0.2, 0.25) is 0 Å².